The second-order valence-corrected chi connectivity index (χ2v) is 21.3. The molecule has 0 aliphatic carbocycles. The summed E-state index contributed by atoms with van der Waals surface area (Å²) in [6.07, 6.45) is -1.85. The van der Waals surface area contributed by atoms with Crippen molar-refractivity contribution in [3.63, 3.8) is 0 Å². The second-order valence-electron chi connectivity index (χ2n) is 20.0. The van der Waals surface area contributed by atoms with E-state index in [1.807, 2.05) is 127 Å². The second kappa shape index (κ2) is 55.1. The third-order valence-corrected chi connectivity index (χ3v) is 14.2. The van der Waals surface area contributed by atoms with Crippen LogP contribution in [0.5, 0.6) is 0 Å². The number of aromatic carboxylic acids is 3. The van der Waals surface area contributed by atoms with E-state index < -0.39 is 36.2 Å². The summed E-state index contributed by atoms with van der Waals surface area (Å²) in [7, 11) is 4.61. The SMILES string of the molecule is Cl.Cl.Cl.ClI.II.O=C(O)c1cccc(-c2cccc(NCCNC[C@H](O)c3cccc(Cl)c3)c2)c1.O=C([O-])c1cccc(-c2cccc(NCCNC[C@H](O)c3cccc(Cl)c3)c2)c1.O=C([O-])c1cccc(-c2cccc(NCCNC[C@H](O)c3cccc(Cl)c3)c2)c1.[I-].[Na+].[Na+]. The fourth-order valence-electron chi connectivity index (χ4n) is 9.01. The maximum absolute atomic E-state index is 11.2. The molecule has 0 amide bonds. The number of halogens is 11. The van der Waals surface area contributed by atoms with Crippen LogP contribution >= 0.6 is 140 Å². The summed E-state index contributed by atoms with van der Waals surface area (Å²) in [5.74, 6) is -3.31. The Morgan fingerprint density at radius 1 is 0.371 bits per heavy atom. The molecule has 10 N–H and O–H groups in total. The van der Waals surface area contributed by atoms with E-state index in [2.05, 4.69) is 78.0 Å². The molecule has 0 fully saturated rings. The molecule has 510 valence electrons. The molecule has 0 spiro atoms. The average Bonchev–Trinajstić information content (AvgIpc) is 1.13. The molecule has 0 unspecified atom stereocenters. The van der Waals surface area contributed by atoms with Crippen molar-refractivity contribution < 1.29 is 128 Å². The molecular weight excluding hydrogens is 1860 g/mol. The predicted molar refractivity (Wildman–Crippen MR) is 414 cm³/mol. The number of carbonyl (C=O) groups excluding carboxylic acids is 2. The minimum absolute atomic E-state index is 0. The molecule has 0 aliphatic heterocycles. The molecule has 9 rings (SSSR count). The molecule has 0 bridgehead atoms. The molecule has 15 nitrogen and oxygen atoms in total. The summed E-state index contributed by atoms with van der Waals surface area (Å²) in [5, 5.41) is 83.3. The Morgan fingerprint density at radius 2 is 0.608 bits per heavy atom. The smallest absolute Gasteiger partial charge is 1.00 e. The Labute approximate surface area is 702 Å². The van der Waals surface area contributed by atoms with E-state index in [9.17, 15) is 39.9 Å². The Kier molecular flexibility index (Phi) is 54.8. The van der Waals surface area contributed by atoms with E-state index in [0.717, 1.165) is 67.1 Å². The number of aliphatic hydroxyl groups excluding tert-OH is 3. The van der Waals surface area contributed by atoms with Gasteiger partial charge in [0.25, 0.3) is 0 Å². The van der Waals surface area contributed by atoms with E-state index in [1.165, 1.54) is 12.1 Å². The number of rotatable bonds is 27. The quantitative estimate of drug-likeness (QED) is 0.0155. The number of carboxylic acid groups (broad SMARTS) is 3. The third kappa shape index (κ3) is 36.0. The maximum atomic E-state index is 11.2. The summed E-state index contributed by atoms with van der Waals surface area (Å²) in [6, 6.07) is 65.2. The van der Waals surface area contributed by atoms with E-state index in [-0.39, 0.29) is 137 Å². The summed E-state index contributed by atoms with van der Waals surface area (Å²) in [5.41, 5.74) is 11.0. The first kappa shape index (κ1) is 96.6. The van der Waals surface area contributed by atoms with E-state index in [4.69, 9.17) is 39.9 Å². The summed E-state index contributed by atoms with van der Waals surface area (Å²) < 4.78 is 0. The van der Waals surface area contributed by atoms with Crippen LogP contribution in [0.1, 0.15) is 66.1 Å². The average molecular weight is 1930 g/mol. The van der Waals surface area contributed by atoms with E-state index >= 15 is 0 Å². The van der Waals surface area contributed by atoms with Gasteiger partial charge in [-0.25, -0.2) is 4.79 Å². The van der Waals surface area contributed by atoms with Crippen molar-refractivity contribution in [2.75, 3.05) is 74.9 Å². The molecule has 3 atom stereocenters. The van der Waals surface area contributed by atoms with Crippen molar-refractivity contribution in [1.82, 2.24) is 16.0 Å². The molecule has 9 aromatic rings. The van der Waals surface area contributed by atoms with Crippen LogP contribution in [-0.4, -0.2) is 97.2 Å². The summed E-state index contributed by atoms with van der Waals surface area (Å²) in [6.45, 7) is 5.33. The summed E-state index contributed by atoms with van der Waals surface area (Å²) in [4.78, 5) is 33.3. The van der Waals surface area contributed by atoms with Gasteiger partial charge in [0.15, 0.2) is 0 Å². The molecule has 28 heteroatoms. The van der Waals surface area contributed by atoms with E-state index in [0.29, 0.717) is 74.0 Å². The minimum Gasteiger partial charge on any atom is -1.00 e. The zero-order valence-electron chi connectivity index (χ0n) is 52.5. The minimum atomic E-state index is -1.19. The van der Waals surface area contributed by atoms with Gasteiger partial charge >= 0.3 is 65.1 Å². The Balaban J connectivity index is 0. The van der Waals surface area contributed by atoms with Gasteiger partial charge in [0.2, 0.25) is 0 Å². The first-order valence-electron chi connectivity index (χ1n) is 28.3. The van der Waals surface area contributed by atoms with Crippen LogP contribution < -0.4 is 125 Å². The summed E-state index contributed by atoms with van der Waals surface area (Å²) >= 11 is 23.7. The third-order valence-electron chi connectivity index (χ3n) is 13.5. The van der Waals surface area contributed by atoms with Crippen LogP contribution in [-0.2, 0) is 0 Å². The molecule has 0 saturated heterocycles. The van der Waals surface area contributed by atoms with Gasteiger partial charge in [-0.2, -0.15) is 0 Å². The van der Waals surface area contributed by atoms with Crippen LogP contribution in [0.2, 0.25) is 15.1 Å². The van der Waals surface area contributed by atoms with E-state index in [1.54, 1.807) is 100 Å². The van der Waals surface area contributed by atoms with Crippen molar-refractivity contribution in [3.05, 3.63) is 267 Å². The Bertz CT molecular complexity index is 3360. The van der Waals surface area contributed by atoms with Gasteiger partial charge in [-0.05, 0) is 167 Å². The molecule has 0 aromatic heterocycles. The number of carbonyl (C=O) groups is 3. The Hall–Kier alpha value is -2.50. The molecule has 0 radical (unpaired) electrons. The van der Waals surface area contributed by atoms with Crippen molar-refractivity contribution in [2.24, 2.45) is 0 Å². The first-order valence-corrected chi connectivity index (χ1v) is 38.4. The number of nitrogens with one attached hydrogen (secondary N) is 6. The monoisotopic (exact) mass is 1920 g/mol. The van der Waals surface area contributed by atoms with Gasteiger partial charge in [0.1, 0.15) is 0 Å². The Morgan fingerprint density at radius 3 is 0.866 bits per heavy atom. The molecule has 97 heavy (non-hydrogen) atoms. The standard InChI is InChI=1S/3C23H23ClN2O3.ClI.3ClH.I2.HI.2Na/c3*24-20-8-2-6-18(13-20)22(27)15-25-10-11-26-21-9-3-5-17(14-21)16-4-1-7-19(12-16)23(28)29;1-2;;;;1-2;;;/h3*1-9,12-14,22,25-27H,10-11,15H2,(H,28,29);;3*1H;;1H;;/q;;;;;;;;;2*+1/p-3/t3*22-;;;;;;;;/m000......../s1. The number of benzene rings is 9. The van der Waals surface area contributed by atoms with Gasteiger partial charge < -0.3 is 96.1 Å². The van der Waals surface area contributed by atoms with Gasteiger partial charge in [0, 0.05) is 150 Å². The zero-order chi connectivity index (χ0) is 65.9. The van der Waals surface area contributed by atoms with Gasteiger partial charge in [0.05, 0.1) is 35.8 Å². The fourth-order valence-corrected chi connectivity index (χ4v) is 9.60. The van der Waals surface area contributed by atoms with Crippen LogP contribution in [0.4, 0.5) is 17.1 Å². The van der Waals surface area contributed by atoms with Crippen LogP contribution in [0.25, 0.3) is 33.4 Å². The number of hydrogen-bond acceptors (Lipinski definition) is 14. The van der Waals surface area contributed by atoms with Gasteiger partial charge in [-0.1, -0.05) is 156 Å². The van der Waals surface area contributed by atoms with Gasteiger partial charge in [-0.15, -0.1) is 37.2 Å². The fraction of sp³-hybridized carbons (Fsp3) is 0.174. The number of anilines is 3. The zero-order valence-corrected chi connectivity index (χ0v) is 70.6. The van der Waals surface area contributed by atoms with Crippen LogP contribution in [0.3, 0.4) is 0 Å². The van der Waals surface area contributed by atoms with Crippen molar-refractivity contribution in [2.45, 2.75) is 18.3 Å². The molecule has 9 aromatic carbocycles. The van der Waals surface area contributed by atoms with Crippen molar-refractivity contribution >= 4 is 175 Å². The van der Waals surface area contributed by atoms with Crippen LogP contribution in [0, 0.1) is 0 Å². The van der Waals surface area contributed by atoms with Gasteiger partial charge in [-0.3, -0.25) is 0 Å². The molecule has 0 saturated carbocycles. The first-order chi connectivity index (χ1) is 44.1. The van der Waals surface area contributed by atoms with Crippen molar-refractivity contribution in [1.29, 1.82) is 0 Å². The largest absolute Gasteiger partial charge is 1.00 e. The van der Waals surface area contributed by atoms with Crippen molar-refractivity contribution in [3.8, 4) is 33.4 Å². The van der Waals surface area contributed by atoms with Crippen LogP contribution in [0.15, 0.2) is 218 Å². The molecule has 0 aliphatic rings. The maximum Gasteiger partial charge on any atom is 1.00 e. The normalized spacial score (nSPS) is 10.7. The predicted octanol–water partition coefficient (Wildman–Crippen LogP) is 6.28. The number of aliphatic hydroxyl groups is 3. The number of carboxylic acids is 3. The molecule has 0 heterocycles. The topological polar surface area (TPSA) is 250 Å². The molecular formula is C69H70Cl7I4N6Na2O9-. The number of hydrogen-bond donors (Lipinski definition) is 10.